The molecule has 0 unspecified atom stereocenters. The second kappa shape index (κ2) is 5.46. The van der Waals surface area contributed by atoms with Crippen molar-refractivity contribution in [2.45, 2.75) is 0 Å². The SMILES string of the molecule is COc1cc(Nc2ncc(N)cc2Br)ccc1Cl. The molecular formula is C12H11BrClN3O. The fourth-order valence-electron chi connectivity index (χ4n) is 1.42. The second-order valence-electron chi connectivity index (χ2n) is 3.57. The number of rotatable bonds is 3. The molecular weight excluding hydrogens is 318 g/mol. The van der Waals surface area contributed by atoms with Crippen LogP contribution in [0.1, 0.15) is 0 Å². The minimum absolute atomic E-state index is 0.562. The second-order valence-corrected chi connectivity index (χ2v) is 4.83. The van der Waals surface area contributed by atoms with Crippen molar-refractivity contribution in [1.82, 2.24) is 4.98 Å². The Bertz CT molecular complexity index is 577. The van der Waals surface area contributed by atoms with Gasteiger partial charge in [0, 0.05) is 11.8 Å². The molecule has 0 saturated heterocycles. The molecule has 0 aliphatic rings. The zero-order chi connectivity index (χ0) is 13.1. The fourth-order valence-corrected chi connectivity index (χ4v) is 2.08. The summed E-state index contributed by atoms with van der Waals surface area (Å²) in [7, 11) is 1.57. The van der Waals surface area contributed by atoms with Crippen molar-refractivity contribution in [2.75, 3.05) is 18.2 Å². The molecule has 94 valence electrons. The molecule has 6 heteroatoms. The molecule has 0 aliphatic carbocycles. The molecule has 0 saturated carbocycles. The van der Waals surface area contributed by atoms with Gasteiger partial charge in [-0.1, -0.05) is 11.6 Å². The van der Waals surface area contributed by atoms with Gasteiger partial charge in [0.05, 0.1) is 28.5 Å². The van der Waals surface area contributed by atoms with Crippen LogP contribution in [-0.4, -0.2) is 12.1 Å². The summed E-state index contributed by atoms with van der Waals surface area (Å²) in [5.41, 5.74) is 7.05. The van der Waals surface area contributed by atoms with Crippen molar-refractivity contribution >= 4 is 44.7 Å². The maximum Gasteiger partial charge on any atom is 0.144 e. The van der Waals surface area contributed by atoms with Crippen LogP contribution >= 0.6 is 27.5 Å². The van der Waals surface area contributed by atoms with Crippen LogP contribution in [0.2, 0.25) is 5.02 Å². The lowest BCUT2D eigenvalue weighted by Gasteiger charge is -2.10. The number of aromatic nitrogens is 1. The molecule has 0 spiro atoms. The molecule has 0 amide bonds. The van der Waals surface area contributed by atoms with Gasteiger partial charge in [-0.2, -0.15) is 0 Å². The van der Waals surface area contributed by atoms with E-state index in [1.54, 1.807) is 31.5 Å². The number of nitrogens with one attached hydrogen (secondary N) is 1. The van der Waals surface area contributed by atoms with Gasteiger partial charge in [-0.25, -0.2) is 4.98 Å². The fraction of sp³-hybridized carbons (Fsp3) is 0.0833. The summed E-state index contributed by atoms with van der Waals surface area (Å²) in [6.07, 6.45) is 1.58. The lowest BCUT2D eigenvalue weighted by atomic mass is 10.3. The highest BCUT2D eigenvalue weighted by Crippen LogP contribution is 2.30. The number of hydrogen-bond donors (Lipinski definition) is 2. The van der Waals surface area contributed by atoms with Gasteiger partial charge in [0.25, 0.3) is 0 Å². The molecule has 2 rings (SSSR count). The summed E-state index contributed by atoms with van der Waals surface area (Å²) in [5.74, 6) is 1.28. The van der Waals surface area contributed by atoms with E-state index in [1.165, 1.54) is 0 Å². The third kappa shape index (κ3) is 2.86. The first-order chi connectivity index (χ1) is 8.60. The Morgan fingerprint density at radius 2 is 2.17 bits per heavy atom. The smallest absolute Gasteiger partial charge is 0.144 e. The van der Waals surface area contributed by atoms with Crippen LogP contribution in [0.3, 0.4) is 0 Å². The Kier molecular flexibility index (Phi) is 3.93. The summed E-state index contributed by atoms with van der Waals surface area (Å²) in [5, 5.41) is 3.71. The van der Waals surface area contributed by atoms with Gasteiger partial charge < -0.3 is 15.8 Å². The Balaban J connectivity index is 2.28. The van der Waals surface area contributed by atoms with Crippen LogP contribution in [0.15, 0.2) is 34.9 Å². The van der Waals surface area contributed by atoms with Gasteiger partial charge >= 0.3 is 0 Å². The first kappa shape index (κ1) is 13.0. The van der Waals surface area contributed by atoms with Crippen LogP contribution in [0.4, 0.5) is 17.2 Å². The van der Waals surface area contributed by atoms with Crippen LogP contribution in [-0.2, 0) is 0 Å². The topological polar surface area (TPSA) is 60.2 Å². The highest BCUT2D eigenvalue weighted by atomic mass is 79.9. The van der Waals surface area contributed by atoms with Crippen LogP contribution in [0.25, 0.3) is 0 Å². The maximum atomic E-state index is 5.96. The van der Waals surface area contributed by atoms with Crippen LogP contribution < -0.4 is 15.8 Å². The highest BCUT2D eigenvalue weighted by molar-refractivity contribution is 9.10. The largest absolute Gasteiger partial charge is 0.495 e. The maximum absolute atomic E-state index is 5.96. The predicted octanol–water partition coefficient (Wildman–Crippen LogP) is 3.83. The number of anilines is 3. The molecule has 2 aromatic rings. The highest BCUT2D eigenvalue weighted by Gasteiger charge is 2.05. The van der Waals surface area contributed by atoms with Crippen LogP contribution in [0, 0.1) is 0 Å². The lowest BCUT2D eigenvalue weighted by molar-refractivity contribution is 0.415. The summed E-state index contributed by atoms with van der Waals surface area (Å²) >= 11 is 9.35. The summed E-state index contributed by atoms with van der Waals surface area (Å²) < 4.78 is 5.94. The number of hydrogen-bond acceptors (Lipinski definition) is 4. The Morgan fingerprint density at radius 1 is 1.39 bits per heavy atom. The molecule has 1 aromatic heterocycles. The van der Waals surface area contributed by atoms with E-state index in [1.807, 2.05) is 6.07 Å². The number of nitrogen functional groups attached to an aromatic ring is 1. The van der Waals surface area contributed by atoms with Gasteiger partial charge in [-0.15, -0.1) is 0 Å². The normalized spacial score (nSPS) is 10.2. The third-order valence-electron chi connectivity index (χ3n) is 2.28. The molecule has 1 aromatic carbocycles. The number of methoxy groups -OCH3 is 1. The van der Waals surface area contributed by atoms with E-state index >= 15 is 0 Å². The van der Waals surface area contributed by atoms with Gasteiger partial charge in [-0.05, 0) is 34.1 Å². The average Bonchev–Trinajstić information content (AvgIpc) is 2.35. The zero-order valence-electron chi connectivity index (χ0n) is 9.58. The Hall–Kier alpha value is -1.46. The quantitative estimate of drug-likeness (QED) is 0.899. The monoisotopic (exact) mass is 327 g/mol. The van der Waals surface area contributed by atoms with Gasteiger partial charge in [-0.3, -0.25) is 0 Å². The summed E-state index contributed by atoms with van der Waals surface area (Å²) in [6.45, 7) is 0. The zero-order valence-corrected chi connectivity index (χ0v) is 11.9. The van der Waals surface area contributed by atoms with Crippen molar-refractivity contribution in [3.8, 4) is 5.75 Å². The predicted molar refractivity (Wildman–Crippen MR) is 77.6 cm³/mol. The van der Waals surface area contributed by atoms with E-state index in [4.69, 9.17) is 22.1 Å². The van der Waals surface area contributed by atoms with E-state index in [-0.39, 0.29) is 0 Å². The van der Waals surface area contributed by atoms with Crippen molar-refractivity contribution in [2.24, 2.45) is 0 Å². The molecule has 0 aliphatic heterocycles. The third-order valence-corrected chi connectivity index (χ3v) is 3.19. The molecule has 0 atom stereocenters. The summed E-state index contributed by atoms with van der Waals surface area (Å²) in [6, 6.07) is 7.18. The van der Waals surface area contributed by atoms with E-state index in [9.17, 15) is 0 Å². The van der Waals surface area contributed by atoms with Crippen molar-refractivity contribution < 1.29 is 4.74 Å². The molecule has 18 heavy (non-hydrogen) atoms. The van der Waals surface area contributed by atoms with E-state index < -0.39 is 0 Å². The first-order valence-electron chi connectivity index (χ1n) is 5.11. The van der Waals surface area contributed by atoms with Gasteiger partial charge in [0.2, 0.25) is 0 Å². The van der Waals surface area contributed by atoms with E-state index in [0.29, 0.717) is 22.3 Å². The average molecular weight is 329 g/mol. The van der Waals surface area contributed by atoms with Crippen molar-refractivity contribution in [1.29, 1.82) is 0 Å². The van der Waals surface area contributed by atoms with E-state index in [0.717, 1.165) is 10.2 Å². The Morgan fingerprint density at radius 3 is 2.83 bits per heavy atom. The number of nitrogens with two attached hydrogens (primary N) is 1. The van der Waals surface area contributed by atoms with Crippen molar-refractivity contribution in [3.05, 3.63) is 40.0 Å². The standard InChI is InChI=1S/C12H11BrClN3O/c1-18-11-5-8(2-3-10(11)14)17-12-9(13)4-7(15)6-16-12/h2-6H,15H2,1H3,(H,16,17). The van der Waals surface area contributed by atoms with Crippen molar-refractivity contribution in [3.63, 3.8) is 0 Å². The first-order valence-corrected chi connectivity index (χ1v) is 6.29. The van der Waals surface area contributed by atoms with E-state index in [2.05, 4.69) is 26.2 Å². The number of nitrogens with zero attached hydrogens (tertiary/aromatic N) is 1. The molecule has 0 bridgehead atoms. The number of pyridine rings is 1. The van der Waals surface area contributed by atoms with Crippen LogP contribution in [0.5, 0.6) is 5.75 Å². The van der Waals surface area contributed by atoms with Gasteiger partial charge in [0.1, 0.15) is 11.6 Å². The molecule has 0 fully saturated rings. The molecule has 1 heterocycles. The summed E-state index contributed by atoms with van der Waals surface area (Å²) in [4.78, 5) is 4.19. The van der Waals surface area contributed by atoms with Gasteiger partial charge in [0.15, 0.2) is 0 Å². The lowest BCUT2D eigenvalue weighted by Crippen LogP contribution is -1.97. The molecule has 3 N–H and O–H groups in total. The number of benzene rings is 1. The molecule has 0 radical (unpaired) electrons. The molecule has 4 nitrogen and oxygen atoms in total. The number of halogens is 2. The minimum Gasteiger partial charge on any atom is -0.495 e. The number of ether oxygens (including phenoxy) is 1. The minimum atomic E-state index is 0.562. The Labute approximate surface area is 118 Å².